The molecule has 0 aliphatic carbocycles. The number of methoxy groups -OCH3 is 1. The molecule has 0 saturated carbocycles. The number of carbonyl (C=O) groups is 1. The molecule has 1 aromatic rings. The molecule has 2 N–H and O–H groups in total. The van der Waals surface area contributed by atoms with Crippen molar-refractivity contribution in [2.75, 3.05) is 33.9 Å². The van der Waals surface area contributed by atoms with E-state index in [0.717, 1.165) is 13.1 Å². The monoisotopic (exact) mass is 279 g/mol. The quantitative estimate of drug-likeness (QED) is 0.757. The van der Waals surface area contributed by atoms with Gasteiger partial charge in [-0.3, -0.25) is 0 Å². The Hall–Kier alpha value is -1.59. The summed E-state index contributed by atoms with van der Waals surface area (Å²) in [7, 11) is 3.66. The van der Waals surface area contributed by atoms with E-state index in [1.807, 2.05) is 32.2 Å². The van der Waals surface area contributed by atoms with Crippen LogP contribution in [0.2, 0.25) is 0 Å². The molecule has 0 aromatic heterocycles. The second-order valence-corrected chi connectivity index (χ2v) is 4.98. The molecule has 112 valence electrons. The van der Waals surface area contributed by atoms with Crippen LogP contribution in [0.1, 0.15) is 12.5 Å². The Balaban J connectivity index is 2.15. The van der Waals surface area contributed by atoms with Crippen molar-refractivity contribution < 1.29 is 9.53 Å². The maximum absolute atomic E-state index is 11.6. The lowest BCUT2D eigenvalue weighted by molar-refractivity contribution is 0.170. The van der Waals surface area contributed by atoms with Crippen molar-refractivity contribution in [3.8, 4) is 0 Å². The van der Waals surface area contributed by atoms with Crippen molar-refractivity contribution >= 4 is 6.03 Å². The van der Waals surface area contributed by atoms with E-state index in [1.54, 1.807) is 7.11 Å². The largest absolute Gasteiger partial charge is 0.383 e. The van der Waals surface area contributed by atoms with Gasteiger partial charge in [-0.1, -0.05) is 30.3 Å². The Labute approximate surface area is 121 Å². The summed E-state index contributed by atoms with van der Waals surface area (Å²) in [5, 5.41) is 5.65. The molecule has 0 saturated heterocycles. The lowest BCUT2D eigenvalue weighted by Crippen LogP contribution is -2.44. The van der Waals surface area contributed by atoms with Crippen LogP contribution in [0.15, 0.2) is 30.3 Å². The highest BCUT2D eigenvalue weighted by Gasteiger charge is 2.06. The number of urea groups is 1. The zero-order valence-corrected chi connectivity index (χ0v) is 12.6. The summed E-state index contributed by atoms with van der Waals surface area (Å²) in [6.07, 6.45) is 0. The molecule has 20 heavy (non-hydrogen) atoms. The number of ether oxygens (including phenoxy) is 1. The van der Waals surface area contributed by atoms with Crippen LogP contribution in [-0.4, -0.2) is 50.8 Å². The molecule has 0 aliphatic rings. The predicted octanol–water partition coefficient (Wildman–Crippen LogP) is 1.45. The minimum atomic E-state index is -0.150. The second-order valence-electron chi connectivity index (χ2n) is 4.98. The summed E-state index contributed by atoms with van der Waals surface area (Å²) in [5.41, 5.74) is 1.27. The van der Waals surface area contributed by atoms with Gasteiger partial charge in [-0.15, -0.1) is 0 Å². The van der Waals surface area contributed by atoms with Gasteiger partial charge in [0.15, 0.2) is 0 Å². The number of nitrogens with zero attached hydrogens (tertiary/aromatic N) is 1. The first-order valence-electron chi connectivity index (χ1n) is 6.87. The molecule has 5 nitrogen and oxygen atoms in total. The number of benzene rings is 1. The average Bonchev–Trinajstić information content (AvgIpc) is 2.39. The molecule has 1 atom stereocenters. The van der Waals surface area contributed by atoms with Gasteiger partial charge in [0, 0.05) is 26.7 Å². The third kappa shape index (κ3) is 7.11. The van der Waals surface area contributed by atoms with Crippen molar-refractivity contribution in [3.63, 3.8) is 0 Å². The van der Waals surface area contributed by atoms with Gasteiger partial charge in [0.05, 0.1) is 12.6 Å². The highest BCUT2D eigenvalue weighted by molar-refractivity contribution is 5.74. The first-order valence-corrected chi connectivity index (χ1v) is 6.87. The first kappa shape index (κ1) is 16.5. The summed E-state index contributed by atoms with van der Waals surface area (Å²) < 4.78 is 4.96. The molecule has 0 fully saturated rings. The fourth-order valence-corrected chi connectivity index (χ4v) is 1.90. The van der Waals surface area contributed by atoms with Gasteiger partial charge in [-0.25, -0.2) is 4.79 Å². The number of likely N-dealkylation sites (N-methyl/N-ethyl adjacent to an activating group) is 1. The third-order valence-electron chi connectivity index (χ3n) is 2.87. The molecule has 0 radical (unpaired) electrons. The molecular formula is C15H25N3O2. The van der Waals surface area contributed by atoms with E-state index >= 15 is 0 Å². The summed E-state index contributed by atoms with van der Waals surface area (Å²) in [4.78, 5) is 13.7. The molecule has 0 bridgehead atoms. The van der Waals surface area contributed by atoms with Crippen LogP contribution in [0.25, 0.3) is 0 Å². The number of carbonyl (C=O) groups excluding carboxylic acids is 1. The minimum Gasteiger partial charge on any atom is -0.383 e. The van der Waals surface area contributed by atoms with Crippen molar-refractivity contribution in [2.24, 2.45) is 0 Å². The van der Waals surface area contributed by atoms with Gasteiger partial charge in [-0.2, -0.15) is 0 Å². The van der Waals surface area contributed by atoms with Gasteiger partial charge < -0.3 is 20.3 Å². The smallest absolute Gasteiger partial charge is 0.315 e. The predicted molar refractivity (Wildman–Crippen MR) is 80.6 cm³/mol. The van der Waals surface area contributed by atoms with E-state index in [4.69, 9.17) is 4.74 Å². The van der Waals surface area contributed by atoms with Gasteiger partial charge in [0.1, 0.15) is 0 Å². The van der Waals surface area contributed by atoms with Crippen LogP contribution in [0, 0.1) is 0 Å². The van der Waals surface area contributed by atoms with Crippen molar-refractivity contribution in [1.82, 2.24) is 15.5 Å². The molecular weight excluding hydrogens is 254 g/mol. The standard InChI is InChI=1S/C15H25N3O2/c1-13(12-20-3)17-15(19)16-9-10-18(2)11-14-7-5-4-6-8-14/h4-8,13H,9-12H2,1-3H3,(H2,16,17,19). The normalized spacial score (nSPS) is 12.2. The number of rotatable bonds is 8. The topological polar surface area (TPSA) is 53.6 Å². The van der Waals surface area contributed by atoms with E-state index in [1.165, 1.54) is 5.56 Å². The Morgan fingerprint density at radius 1 is 1.35 bits per heavy atom. The second kappa shape index (κ2) is 9.34. The van der Waals surface area contributed by atoms with Gasteiger partial charge in [0.25, 0.3) is 0 Å². The molecule has 5 heteroatoms. The van der Waals surface area contributed by atoms with E-state index in [-0.39, 0.29) is 12.1 Å². The van der Waals surface area contributed by atoms with Crippen LogP contribution in [0.4, 0.5) is 4.79 Å². The number of amides is 2. The summed E-state index contributed by atoms with van der Waals surface area (Å²) in [5.74, 6) is 0. The number of hydrogen-bond donors (Lipinski definition) is 2. The van der Waals surface area contributed by atoms with Crippen LogP contribution in [0.3, 0.4) is 0 Å². The Kier molecular flexibility index (Phi) is 7.69. The van der Waals surface area contributed by atoms with E-state index < -0.39 is 0 Å². The zero-order chi connectivity index (χ0) is 14.8. The average molecular weight is 279 g/mol. The summed E-state index contributed by atoms with van der Waals surface area (Å²) in [6.45, 7) is 4.73. The zero-order valence-electron chi connectivity index (χ0n) is 12.6. The molecule has 0 heterocycles. The van der Waals surface area contributed by atoms with Crippen LogP contribution in [0.5, 0.6) is 0 Å². The maximum atomic E-state index is 11.6. The van der Waals surface area contributed by atoms with Crippen molar-refractivity contribution in [1.29, 1.82) is 0 Å². The Morgan fingerprint density at radius 2 is 2.05 bits per heavy atom. The van der Waals surface area contributed by atoms with Gasteiger partial charge in [-0.05, 0) is 19.5 Å². The van der Waals surface area contributed by atoms with E-state index in [9.17, 15) is 4.79 Å². The molecule has 1 aromatic carbocycles. The highest BCUT2D eigenvalue weighted by atomic mass is 16.5. The minimum absolute atomic E-state index is 0.0158. The fraction of sp³-hybridized carbons (Fsp3) is 0.533. The first-order chi connectivity index (χ1) is 9.61. The Bertz CT molecular complexity index is 384. The van der Waals surface area contributed by atoms with Crippen LogP contribution in [-0.2, 0) is 11.3 Å². The summed E-state index contributed by atoms with van der Waals surface area (Å²) in [6, 6.07) is 10.1. The van der Waals surface area contributed by atoms with Crippen LogP contribution < -0.4 is 10.6 Å². The lowest BCUT2D eigenvalue weighted by atomic mass is 10.2. The number of nitrogens with one attached hydrogen (secondary N) is 2. The summed E-state index contributed by atoms with van der Waals surface area (Å²) >= 11 is 0. The van der Waals surface area contributed by atoms with Crippen LogP contribution >= 0.6 is 0 Å². The fourth-order valence-electron chi connectivity index (χ4n) is 1.90. The maximum Gasteiger partial charge on any atom is 0.315 e. The molecule has 0 aliphatic heterocycles. The van der Waals surface area contributed by atoms with Gasteiger partial charge >= 0.3 is 6.03 Å². The van der Waals surface area contributed by atoms with Crippen molar-refractivity contribution in [2.45, 2.75) is 19.5 Å². The van der Waals surface area contributed by atoms with Gasteiger partial charge in [0.2, 0.25) is 0 Å². The van der Waals surface area contributed by atoms with Crippen molar-refractivity contribution in [3.05, 3.63) is 35.9 Å². The lowest BCUT2D eigenvalue weighted by Gasteiger charge is -2.18. The number of hydrogen-bond acceptors (Lipinski definition) is 3. The molecule has 0 spiro atoms. The molecule has 1 rings (SSSR count). The Morgan fingerprint density at radius 3 is 2.70 bits per heavy atom. The molecule has 2 amide bonds. The highest BCUT2D eigenvalue weighted by Crippen LogP contribution is 2.01. The van der Waals surface area contributed by atoms with E-state index in [0.29, 0.717) is 13.2 Å². The molecule has 1 unspecified atom stereocenters. The van der Waals surface area contributed by atoms with E-state index in [2.05, 4.69) is 27.7 Å². The SMILES string of the molecule is COCC(C)NC(=O)NCCN(C)Cc1ccccc1. The third-order valence-corrected chi connectivity index (χ3v) is 2.87.